The Balaban J connectivity index is 1.85. The molecule has 0 radical (unpaired) electrons. The molecule has 2 rings (SSSR count). The third-order valence-corrected chi connectivity index (χ3v) is 13.3. The molecule has 2 heterocycles. The average molecular weight is 445 g/mol. The van der Waals surface area contributed by atoms with Crippen molar-refractivity contribution in [2.24, 2.45) is 11.8 Å². The van der Waals surface area contributed by atoms with E-state index in [1.807, 2.05) is 0 Å². The lowest BCUT2D eigenvalue weighted by atomic mass is 10.2. The summed E-state index contributed by atoms with van der Waals surface area (Å²) in [4.78, 5) is 5.09. The molecule has 0 spiro atoms. The molecular weight excluding hydrogens is 396 g/mol. The fourth-order valence-corrected chi connectivity index (χ4v) is 13.8. The summed E-state index contributed by atoms with van der Waals surface area (Å²) in [7, 11) is -3.23. The summed E-state index contributed by atoms with van der Waals surface area (Å²) >= 11 is 0. The van der Waals surface area contributed by atoms with Crippen molar-refractivity contribution >= 4 is 16.6 Å². The van der Waals surface area contributed by atoms with Gasteiger partial charge in [0.2, 0.25) is 0 Å². The highest BCUT2D eigenvalue weighted by molar-refractivity contribution is 6.84. The summed E-state index contributed by atoms with van der Waals surface area (Å²) in [6, 6.07) is 2.53. The van der Waals surface area contributed by atoms with E-state index < -0.39 is 16.6 Å². The monoisotopic (exact) mass is 444 g/mol. The maximum absolute atomic E-state index is 6.88. The minimum Gasteiger partial charge on any atom is -0.456 e. The molecule has 29 heavy (non-hydrogen) atoms. The summed E-state index contributed by atoms with van der Waals surface area (Å²) in [5.74, 6) is 1.13. The number of rotatable bonds is 12. The Morgan fingerprint density at radius 3 is 1.55 bits per heavy atom. The van der Waals surface area contributed by atoms with Gasteiger partial charge in [-0.25, -0.2) is 0 Å². The van der Waals surface area contributed by atoms with Crippen LogP contribution >= 0.6 is 0 Å². The van der Waals surface area contributed by atoms with Gasteiger partial charge < -0.3 is 13.6 Å². The van der Waals surface area contributed by atoms with Gasteiger partial charge in [-0.3, -0.25) is 9.80 Å². The van der Waals surface area contributed by atoms with Crippen LogP contribution in [0.3, 0.4) is 0 Å². The van der Waals surface area contributed by atoms with Crippen LogP contribution in [0.2, 0.25) is 38.3 Å². The molecule has 0 aromatic rings. The Kier molecular flexibility index (Phi) is 9.85. The summed E-state index contributed by atoms with van der Waals surface area (Å²) in [5, 5.41) is 0. The first-order chi connectivity index (χ1) is 13.5. The molecule has 0 aromatic carbocycles. The Hall–Kier alpha value is 0.234. The Morgan fingerprint density at radius 2 is 1.21 bits per heavy atom. The first-order valence-corrected chi connectivity index (χ1v) is 18.2. The van der Waals surface area contributed by atoms with Gasteiger partial charge in [-0.05, 0) is 63.0 Å². The van der Waals surface area contributed by atoms with Gasteiger partial charge in [0.1, 0.15) is 12.5 Å². The molecule has 2 atom stereocenters. The maximum atomic E-state index is 6.88. The SMILES string of the molecule is CC(C)C1OCCN1CCC[Si](C)(CCCN1CCOC1C(C)C)O[Si](C)(C)C. The lowest BCUT2D eigenvalue weighted by Crippen LogP contribution is -2.46. The molecule has 0 saturated carbocycles. The Morgan fingerprint density at radius 1 is 0.793 bits per heavy atom. The molecule has 2 saturated heterocycles. The molecule has 0 aliphatic carbocycles. The van der Waals surface area contributed by atoms with Crippen molar-refractivity contribution in [2.75, 3.05) is 39.4 Å². The molecule has 2 fully saturated rings. The molecule has 0 aromatic heterocycles. The normalized spacial score (nSPS) is 26.7. The lowest BCUT2D eigenvalue weighted by Gasteiger charge is -2.36. The van der Waals surface area contributed by atoms with Crippen LogP contribution in [0.4, 0.5) is 0 Å². The fraction of sp³-hybridized carbons (Fsp3) is 1.00. The molecule has 2 unspecified atom stereocenters. The summed E-state index contributed by atoms with van der Waals surface area (Å²) in [6.45, 7) is 24.9. The molecule has 0 amide bonds. The zero-order valence-electron chi connectivity index (χ0n) is 20.5. The van der Waals surface area contributed by atoms with E-state index in [4.69, 9.17) is 13.6 Å². The largest absolute Gasteiger partial charge is 0.456 e. The first-order valence-electron chi connectivity index (χ1n) is 11.9. The highest BCUT2D eigenvalue weighted by Gasteiger charge is 2.35. The van der Waals surface area contributed by atoms with Gasteiger partial charge in [-0.1, -0.05) is 27.7 Å². The van der Waals surface area contributed by atoms with Crippen molar-refractivity contribution < 1.29 is 13.6 Å². The second kappa shape index (κ2) is 11.2. The minimum absolute atomic E-state index is 0.309. The van der Waals surface area contributed by atoms with Gasteiger partial charge in [0.25, 0.3) is 0 Å². The maximum Gasteiger partial charge on any atom is 0.176 e. The van der Waals surface area contributed by atoms with E-state index in [0.29, 0.717) is 24.3 Å². The number of ether oxygens (including phenoxy) is 2. The quantitative estimate of drug-likeness (QED) is 0.403. The van der Waals surface area contributed by atoms with E-state index in [1.165, 1.54) is 24.9 Å². The highest BCUT2D eigenvalue weighted by atomic mass is 28.4. The van der Waals surface area contributed by atoms with Crippen LogP contribution in [0, 0.1) is 11.8 Å². The van der Waals surface area contributed by atoms with Crippen LogP contribution in [0.1, 0.15) is 40.5 Å². The van der Waals surface area contributed by atoms with Crippen molar-refractivity contribution in [3.8, 4) is 0 Å². The van der Waals surface area contributed by atoms with E-state index in [2.05, 4.69) is 63.7 Å². The van der Waals surface area contributed by atoms with E-state index in [9.17, 15) is 0 Å². The Bertz CT molecular complexity index is 453. The van der Waals surface area contributed by atoms with Gasteiger partial charge in [0.15, 0.2) is 16.6 Å². The molecule has 0 bridgehead atoms. The molecule has 172 valence electrons. The lowest BCUT2D eigenvalue weighted by molar-refractivity contribution is -0.00190. The average Bonchev–Trinajstić information content (AvgIpc) is 3.22. The molecule has 2 aliphatic rings. The summed E-state index contributed by atoms with van der Waals surface area (Å²) in [5.41, 5.74) is 0. The number of nitrogens with zero attached hydrogens (tertiary/aromatic N) is 2. The summed E-state index contributed by atoms with van der Waals surface area (Å²) in [6.07, 6.45) is 3.09. The van der Waals surface area contributed by atoms with Crippen LogP contribution in [-0.4, -0.2) is 78.3 Å². The van der Waals surface area contributed by atoms with Gasteiger partial charge in [0, 0.05) is 26.2 Å². The smallest absolute Gasteiger partial charge is 0.176 e. The zero-order chi connectivity index (χ0) is 21.7. The zero-order valence-corrected chi connectivity index (χ0v) is 22.5. The number of hydrogen-bond acceptors (Lipinski definition) is 5. The van der Waals surface area contributed by atoms with E-state index >= 15 is 0 Å². The van der Waals surface area contributed by atoms with Gasteiger partial charge in [-0.2, -0.15) is 0 Å². The molecule has 2 aliphatic heterocycles. The topological polar surface area (TPSA) is 34.2 Å². The van der Waals surface area contributed by atoms with Gasteiger partial charge >= 0.3 is 0 Å². The molecule has 5 nitrogen and oxygen atoms in total. The van der Waals surface area contributed by atoms with E-state index in [0.717, 1.165) is 39.4 Å². The minimum atomic E-state index is -1.70. The summed E-state index contributed by atoms with van der Waals surface area (Å²) < 4.78 is 18.8. The van der Waals surface area contributed by atoms with Gasteiger partial charge in [-0.15, -0.1) is 0 Å². The Labute approximate surface area is 182 Å². The molecular formula is C22H48N2O3Si2. The number of hydrogen-bond donors (Lipinski definition) is 0. The van der Waals surface area contributed by atoms with Crippen molar-refractivity contribution in [2.45, 2.75) is 91.3 Å². The van der Waals surface area contributed by atoms with Gasteiger partial charge in [0.05, 0.1) is 13.2 Å². The van der Waals surface area contributed by atoms with Crippen LogP contribution in [-0.2, 0) is 13.6 Å². The van der Waals surface area contributed by atoms with E-state index in [-0.39, 0.29) is 0 Å². The first kappa shape index (κ1) is 25.5. The second-order valence-electron chi connectivity index (χ2n) is 11.0. The second-order valence-corrected chi connectivity index (χ2v) is 19.9. The fourth-order valence-electron chi connectivity index (χ4n) is 5.03. The van der Waals surface area contributed by atoms with Crippen LogP contribution < -0.4 is 0 Å². The third-order valence-electron chi connectivity index (χ3n) is 6.05. The van der Waals surface area contributed by atoms with Crippen molar-refractivity contribution in [1.29, 1.82) is 0 Å². The van der Waals surface area contributed by atoms with Crippen molar-refractivity contribution in [3.05, 3.63) is 0 Å². The predicted molar refractivity (Wildman–Crippen MR) is 127 cm³/mol. The standard InChI is InChI=1S/C22H48N2O3Si2/c1-19(2)21-23(13-15-25-21)11-9-17-29(8,27-28(5,6)7)18-10-12-24-14-16-26-22(24)20(3)4/h19-22H,9-18H2,1-8H3. The van der Waals surface area contributed by atoms with Crippen LogP contribution in [0.25, 0.3) is 0 Å². The molecule has 7 heteroatoms. The van der Waals surface area contributed by atoms with Crippen molar-refractivity contribution in [1.82, 2.24) is 9.80 Å². The van der Waals surface area contributed by atoms with Crippen LogP contribution in [0.15, 0.2) is 0 Å². The molecule has 0 N–H and O–H groups in total. The van der Waals surface area contributed by atoms with Crippen molar-refractivity contribution in [3.63, 3.8) is 0 Å². The predicted octanol–water partition coefficient (Wildman–Crippen LogP) is 4.82. The van der Waals surface area contributed by atoms with Crippen LogP contribution in [0.5, 0.6) is 0 Å². The third kappa shape index (κ3) is 8.35. The van der Waals surface area contributed by atoms with E-state index in [1.54, 1.807) is 0 Å². The highest BCUT2D eigenvalue weighted by Crippen LogP contribution is 2.28.